The molecule has 0 spiro atoms. The number of hydrogen-bond donors (Lipinski definition) is 2. The van der Waals surface area contributed by atoms with Gasteiger partial charge in [-0.2, -0.15) is 5.10 Å². The summed E-state index contributed by atoms with van der Waals surface area (Å²) < 4.78 is 1.86. The molecule has 2 N–H and O–H groups in total. The third-order valence-electron chi connectivity index (χ3n) is 3.71. The molecule has 124 valence electrons. The van der Waals surface area contributed by atoms with E-state index in [1.165, 1.54) is 31.2 Å². The van der Waals surface area contributed by atoms with Gasteiger partial charge in [0, 0.05) is 32.5 Å². The molecule has 5 heteroatoms. The van der Waals surface area contributed by atoms with E-state index in [4.69, 9.17) is 0 Å². The Bertz CT molecular complexity index is 572. The lowest BCUT2D eigenvalue weighted by Crippen LogP contribution is -2.37. The van der Waals surface area contributed by atoms with E-state index in [2.05, 4.69) is 51.9 Å². The molecule has 0 saturated carbocycles. The third kappa shape index (κ3) is 5.77. The lowest BCUT2D eigenvalue weighted by Gasteiger charge is -2.12. The number of benzene rings is 1. The number of rotatable bonds is 8. The van der Waals surface area contributed by atoms with Crippen LogP contribution in [0.4, 0.5) is 0 Å². The monoisotopic (exact) mass is 313 g/mol. The molecule has 1 aromatic carbocycles. The van der Waals surface area contributed by atoms with Crippen molar-refractivity contribution in [2.45, 2.75) is 39.2 Å². The van der Waals surface area contributed by atoms with Gasteiger partial charge in [0.25, 0.3) is 0 Å². The summed E-state index contributed by atoms with van der Waals surface area (Å²) in [5.41, 5.74) is 2.28. The maximum atomic E-state index is 4.26. The van der Waals surface area contributed by atoms with Crippen molar-refractivity contribution in [2.75, 3.05) is 13.6 Å². The zero-order chi connectivity index (χ0) is 16.3. The van der Waals surface area contributed by atoms with Crippen LogP contribution in [-0.2, 0) is 6.54 Å². The lowest BCUT2D eigenvalue weighted by atomic mass is 10.2. The minimum atomic E-state index is 0.758. The summed E-state index contributed by atoms with van der Waals surface area (Å²) in [6.07, 6.45) is 8.75. The first-order valence-corrected chi connectivity index (χ1v) is 8.37. The van der Waals surface area contributed by atoms with Crippen molar-refractivity contribution in [3.05, 3.63) is 48.3 Å². The molecule has 1 aromatic heterocycles. The first kappa shape index (κ1) is 17.1. The van der Waals surface area contributed by atoms with Gasteiger partial charge in [-0.05, 0) is 30.2 Å². The van der Waals surface area contributed by atoms with Crippen molar-refractivity contribution in [1.29, 1.82) is 0 Å². The van der Waals surface area contributed by atoms with Crippen molar-refractivity contribution in [3.8, 4) is 5.69 Å². The average Bonchev–Trinajstić information content (AvgIpc) is 3.12. The molecule has 2 rings (SSSR count). The van der Waals surface area contributed by atoms with E-state index in [1.807, 2.05) is 24.0 Å². The first-order valence-electron chi connectivity index (χ1n) is 8.37. The highest BCUT2D eigenvalue weighted by molar-refractivity contribution is 5.79. The molecule has 5 nitrogen and oxygen atoms in total. The molecular formula is C18H27N5. The van der Waals surface area contributed by atoms with E-state index in [0.717, 1.165) is 24.7 Å². The number of guanidine groups is 1. The van der Waals surface area contributed by atoms with E-state index in [9.17, 15) is 0 Å². The van der Waals surface area contributed by atoms with Gasteiger partial charge in [-0.1, -0.05) is 38.3 Å². The van der Waals surface area contributed by atoms with Crippen molar-refractivity contribution in [2.24, 2.45) is 4.99 Å². The second-order valence-electron chi connectivity index (χ2n) is 5.53. The van der Waals surface area contributed by atoms with Crippen molar-refractivity contribution in [1.82, 2.24) is 20.4 Å². The zero-order valence-corrected chi connectivity index (χ0v) is 14.1. The van der Waals surface area contributed by atoms with E-state index in [-0.39, 0.29) is 0 Å². The maximum Gasteiger partial charge on any atom is 0.191 e. The zero-order valence-electron chi connectivity index (χ0n) is 14.1. The van der Waals surface area contributed by atoms with Gasteiger partial charge in [0.1, 0.15) is 0 Å². The summed E-state index contributed by atoms with van der Waals surface area (Å²) in [6, 6.07) is 10.3. The van der Waals surface area contributed by atoms with Gasteiger partial charge in [-0.25, -0.2) is 4.68 Å². The Kier molecular flexibility index (Phi) is 7.17. The molecule has 1 heterocycles. The van der Waals surface area contributed by atoms with Crippen LogP contribution in [0.5, 0.6) is 0 Å². The highest BCUT2D eigenvalue weighted by Gasteiger charge is 2.00. The quantitative estimate of drug-likeness (QED) is 0.447. The topological polar surface area (TPSA) is 54.2 Å². The van der Waals surface area contributed by atoms with E-state index >= 15 is 0 Å². The fraction of sp³-hybridized carbons (Fsp3) is 0.444. The summed E-state index contributed by atoms with van der Waals surface area (Å²) in [6.45, 7) is 3.96. The highest BCUT2D eigenvalue weighted by Crippen LogP contribution is 2.08. The van der Waals surface area contributed by atoms with Crippen molar-refractivity contribution >= 4 is 5.96 Å². The fourth-order valence-electron chi connectivity index (χ4n) is 2.35. The van der Waals surface area contributed by atoms with Crippen LogP contribution in [0.15, 0.2) is 47.7 Å². The van der Waals surface area contributed by atoms with Crippen LogP contribution in [0.25, 0.3) is 5.69 Å². The summed E-state index contributed by atoms with van der Waals surface area (Å²) in [5.74, 6) is 0.859. The molecule has 0 bridgehead atoms. The normalized spacial score (nSPS) is 11.5. The van der Waals surface area contributed by atoms with Crippen LogP contribution >= 0.6 is 0 Å². The van der Waals surface area contributed by atoms with Gasteiger partial charge >= 0.3 is 0 Å². The van der Waals surface area contributed by atoms with Gasteiger partial charge in [0.2, 0.25) is 0 Å². The molecule has 0 amide bonds. The van der Waals surface area contributed by atoms with Crippen LogP contribution in [0, 0.1) is 0 Å². The Hall–Kier alpha value is -2.30. The van der Waals surface area contributed by atoms with E-state index < -0.39 is 0 Å². The van der Waals surface area contributed by atoms with E-state index in [0.29, 0.717) is 0 Å². The van der Waals surface area contributed by atoms with Gasteiger partial charge in [0.15, 0.2) is 5.96 Å². The second kappa shape index (κ2) is 9.66. The number of unbranched alkanes of at least 4 members (excludes halogenated alkanes) is 3. The molecule has 0 radical (unpaired) electrons. The summed E-state index contributed by atoms with van der Waals surface area (Å²) >= 11 is 0. The Balaban J connectivity index is 1.75. The lowest BCUT2D eigenvalue weighted by molar-refractivity contribution is 0.647. The molecule has 0 atom stereocenters. The Morgan fingerprint density at radius 3 is 2.61 bits per heavy atom. The molecule has 0 aliphatic carbocycles. The van der Waals surface area contributed by atoms with Gasteiger partial charge in [-0.3, -0.25) is 4.99 Å². The molecule has 0 saturated heterocycles. The van der Waals surface area contributed by atoms with Gasteiger partial charge in [-0.15, -0.1) is 0 Å². The second-order valence-corrected chi connectivity index (χ2v) is 5.53. The number of hydrogen-bond acceptors (Lipinski definition) is 2. The maximum absolute atomic E-state index is 4.26. The molecule has 0 unspecified atom stereocenters. The Morgan fingerprint density at radius 2 is 1.96 bits per heavy atom. The minimum Gasteiger partial charge on any atom is -0.356 e. The molecule has 0 fully saturated rings. The van der Waals surface area contributed by atoms with Gasteiger partial charge < -0.3 is 10.6 Å². The molecule has 23 heavy (non-hydrogen) atoms. The van der Waals surface area contributed by atoms with Gasteiger partial charge in [0.05, 0.1) is 5.69 Å². The molecule has 0 aliphatic heterocycles. The summed E-state index contributed by atoms with van der Waals surface area (Å²) in [7, 11) is 1.81. The smallest absolute Gasteiger partial charge is 0.191 e. The predicted octanol–water partition coefficient (Wildman–Crippen LogP) is 3.12. The minimum absolute atomic E-state index is 0.758. The van der Waals surface area contributed by atoms with Crippen LogP contribution in [0.3, 0.4) is 0 Å². The average molecular weight is 313 g/mol. The first-order chi connectivity index (χ1) is 11.3. The van der Waals surface area contributed by atoms with E-state index in [1.54, 1.807) is 6.20 Å². The number of aromatic nitrogens is 2. The van der Waals surface area contributed by atoms with Crippen LogP contribution in [-0.4, -0.2) is 29.3 Å². The standard InChI is InChI=1S/C18H27N5/c1-3-4-5-6-12-20-18(19-2)21-15-16-8-10-17(11-9-16)23-14-7-13-22-23/h7-11,13-14H,3-6,12,15H2,1-2H3,(H2,19,20,21). The number of nitrogens with one attached hydrogen (secondary N) is 2. The van der Waals surface area contributed by atoms with Crippen molar-refractivity contribution in [3.63, 3.8) is 0 Å². The van der Waals surface area contributed by atoms with Crippen LogP contribution in [0.1, 0.15) is 38.2 Å². The highest BCUT2D eigenvalue weighted by atomic mass is 15.3. The predicted molar refractivity (Wildman–Crippen MR) is 95.9 cm³/mol. The molecule has 0 aliphatic rings. The van der Waals surface area contributed by atoms with Crippen LogP contribution < -0.4 is 10.6 Å². The number of aliphatic imine (C=N–C) groups is 1. The Labute approximate surface area is 138 Å². The molecule has 2 aromatic rings. The molecular weight excluding hydrogens is 286 g/mol. The summed E-state index contributed by atoms with van der Waals surface area (Å²) in [4.78, 5) is 4.26. The third-order valence-corrected chi connectivity index (χ3v) is 3.71. The fourth-order valence-corrected chi connectivity index (χ4v) is 2.35. The number of nitrogens with zero attached hydrogens (tertiary/aromatic N) is 3. The Morgan fingerprint density at radius 1 is 1.13 bits per heavy atom. The summed E-state index contributed by atoms with van der Waals surface area (Å²) in [5, 5.41) is 10.9. The largest absolute Gasteiger partial charge is 0.356 e. The van der Waals surface area contributed by atoms with Crippen molar-refractivity contribution < 1.29 is 0 Å². The SMILES string of the molecule is CCCCCCNC(=NC)NCc1ccc(-n2cccn2)cc1. The van der Waals surface area contributed by atoms with Crippen LogP contribution in [0.2, 0.25) is 0 Å².